The van der Waals surface area contributed by atoms with Gasteiger partial charge in [-0.15, -0.1) is 0 Å². The summed E-state index contributed by atoms with van der Waals surface area (Å²) in [5, 5.41) is 11.8. The largest absolute Gasteiger partial charge is 0.481 e. The van der Waals surface area contributed by atoms with E-state index < -0.39 is 17.8 Å². The highest BCUT2D eigenvalue weighted by molar-refractivity contribution is 9.10. The summed E-state index contributed by atoms with van der Waals surface area (Å²) < 4.78 is 13.8. The number of benzene rings is 1. The van der Waals surface area contributed by atoms with Gasteiger partial charge in [0.2, 0.25) is 5.91 Å². The number of hydrogen-bond donors (Lipinski definition) is 2. The van der Waals surface area contributed by atoms with Gasteiger partial charge in [-0.3, -0.25) is 9.59 Å². The standard InChI is InChI=1S/C14H15BrFNO3/c15-12-5-4-9(16)6-8(12)7-17-13(18)10-2-1-3-11(10)14(19)20/h4-6,10-11H,1-3,7H2,(H,17,18)(H,19,20)/t10-,11+/m1/s1. The zero-order valence-electron chi connectivity index (χ0n) is 10.7. The summed E-state index contributed by atoms with van der Waals surface area (Å²) in [4.78, 5) is 23.1. The van der Waals surface area contributed by atoms with Crippen molar-refractivity contribution < 1.29 is 19.1 Å². The SMILES string of the molecule is O=C(O)[C@H]1CCC[C@H]1C(=O)NCc1cc(F)ccc1Br. The summed E-state index contributed by atoms with van der Waals surface area (Å²) in [5.41, 5.74) is 0.628. The number of halogens is 2. The van der Waals surface area contributed by atoms with Crippen LogP contribution in [-0.2, 0) is 16.1 Å². The van der Waals surface area contributed by atoms with Crippen LogP contribution in [0.15, 0.2) is 22.7 Å². The van der Waals surface area contributed by atoms with Gasteiger partial charge in [0, 0.05) is 11.0 Å². The summed E-state index contributed by atoms with van der Waals surface area (Å²) in [7, 11) is 0. The zero-order chi connectivity index (χ0) is 14.7. The van der Waals surface area contributed by atoms with Crippen LogP contribution < -0.4 is 5.32 Å². The van der Waals surface area contributed by atoms with Crippen molar-refractivity contribution in [1.29, 1.82) is 0 Å². The van der Waals surface area contributed by atoms with Crippen molar-refractivity contribution in [3.8, 4) is 0 Å². The molecule has 0 spiro atoms. The predicted octanol–water partition coefficient (Wildman–Crippen LogP) is 2.71. The molecule has 0 aliphatic heterocycles. The quantitative estimate of drug-likeness (QED) is 0.883. The number of carbonyl (C=O) groups is 2. The van der Waals surface area contributed by atoms with Gasteiger partial charge >= 0.3 is 5.97 Å². The second-order valence-electron chi connectivity index (χ2n) is 4.94. The first-order chi connectivity index (χ1) is 9.49. The fraction of sp³-hybridized carbons (Fsp3) is 0.429. The fourth-order valence-electron chi connectivity index (χ4n) is 2.56. The Kier molecular flexibility index (Phi) is 4.75. The Balaban J connectivity index is 1.98. The molecule has 1 aliphatic carbocycles. The van der Waals surface area contributed by atoms with Crippen LogP contribution in [-0.4, -0.2) is 17.0 Å². The molecular formula is C14H15BrFNO3. The van der Waals surface area contributed by atoms with Crippen LogP contribution in [0.5, 0.6) is 0 Å². The molecule has 1 saturated carbocycles. The van der Waals surface area contributed by atoms with E-state index in [1.54, 1.807) is 6.07 Å². The monoisotopic (exact) mass is 343 g/mol. The van der Waals surface area contributed by atoms with Crippen LogP contribution in [0.2, 0.25) is 0 Å². The first-order valence-electron chi connectivity index (χ1n) is 6.43. The van der Waals surface area contributed by atoms with Crippen molar-refractivity contribution >= 4 is 27.8 Å². The van der Waals surface area contributed by atoms with Crippen LogP contribution >= 0.6 is 15.9 Å². The van der Waals surface area contributed by atoms with E-state index in [2.05, 4.69) is 21.2 Å². The maximum absolute atomic E-state index is 13.1. The number of carboxylic acid groups (broad SMARTS) is 1. The second-order valence-corrected chi connectivity index (χ2v) is 5.79. The Morgan fingerprint density at radius 1 is 1.35 bits per heavy atom. The topological polar surface area (TPSA) is 66.4 Å². The van der Waals surface area contributed by atoms with Crippen molar-refractivity contribution in [1.82, 2.24) is 5.32 Å². The van der Waals surface area contributed by atoms with Gasteiger partial charge in [-0.2, -0.15) is 0 Å². The molecule has 0 unspecified atom stereocenters. The number of carboxylic acids is 1. The molecule has 1 fully saturated rings. The molecule has 20 heavy (non-hydrogen) atoms. The number of amides is 1. The molecule has 1 aromatic carbocycles. The maximum Gasteiger partial charge on any atom is 0.307 e. The molecule has 0 heterocycles. The number of carbonyl (C=O) groups excluding carboxylic acids is 1. The van der Waals surface area contributed by atoms with Gasteiger partial charge in [-0.05, 0) is 36.6 Å². The lowest BCUT2D eigenvalue weighted by Crippen LogP contribution is -2.35. The van der Waals surface area contributed by atoms with Gasteiger partial charge in [-0.1, -0.05) is 22.4 Å². The molecule has 1 amide bonds. The number of nitrogens with one attached hydrogen (secondary N) is 1. The lowest BCUT2D eigenvalue weighted by molar-refractivity contribution is -0.146. The summed E-state index contributed by atoms with van der Waals surface area (Å²) in [6.45, 7) is 0.181. The fourth-order valence-corrected chi connectivity index (χ4v) is 2.95. The van der Waals surface area contributed by atoms with E-state index in [-0.39, 0.29) is 18.3 Å². The van der Waals surface area contributed by atoms with Gasteiger partial charge < -0.3 is 10.4 Å². The Bertz CT molecular complexity index is 535. The molecular weight excluding hydrogens is 329 g/mol. The molecule has 1 aromatic rings. The number of rotatable bonds is 4. The van der Waals surface area contributed by atoms with Gasteiger partial charge in [0.05, 0.1) is 11.8 Å². The summed E-state index contributed by atoms with van der Waals surface area (Å²) >= 11 is 3.29. The molecule has 0 radical (unpaired) electrons. The first kappa shape index (κ1) is 15.0. The zero-order valence-corrected chi connectivity index (χ0v) is 12.3. The minimum Gasteiger partial charge on any atom is -0.481 e. The van der Waals surface area contributed by atoms with E-state index in [0.29, 0.717) is 22.9 Å². The lowest BCUT2D eigenvalue weighted by atomic mass is 9.95. The van der Waals surface area contributed by atoms with Crippen LogP contribution in [0.3, 0.4) is 0 Å². The smallest absolute Gasteiger partial charge is 0.307 e. The maximum atomic E-state index is 13.1. The highest BCUT2D eigenvalue weighted by Gasteiger charge is 2.37. The molecule has 4 nitrogen and oxygen atoms in total. The molecule has 0 bridgehead atoms. The Hall–Kier alpha value is -1.43. The van der Waals surface area contributed by atoms with Gasteiger partial charge in [-0.25, -0.2) is 4.39 Å². The third kappa shape index (κ3) is 3.36. The Morgan fingerprint density at radius 3 is 2.75 bits per heavy atom. The normalized spacial score (nSPS) is 21.7. The van der Waals surface area contributed by atoms with Gasteiger partial charge in [0.15, 0.2) is 0 Å². The van der Waals surface area contributed by atoms with E-state index in [4.69, 9.17) is 5.11 Å². The van der Waals surface area contributed by atoms with Crippen LogP contribution in [0.1, 0.15) is 24.8 Å². The van der Waals surface area contributed by atoms with Crippen molar-refractivity contribution in [2.75, 3.05) is 0 Å². The summed E-state index contributed by atoms with van der Waals surface area (Å²) in [5.74, 6) is -2.66. The van der Waals surface area contributed by atoms with E-state index in [9.17, 15) is 14.0 Å². The van der Waals surface area contributed by atoms with E-state index >= 15 is 0 Å². The van der Waals surface area contributed by atoms with Gasteiger partial charge in [0.1, 0.15) is 5.82 Å². The summed E-state index contributed by atoms with van der Waals surface area (Å²) in [6.07, 6.45) is 1.88. The highest BCUT2D eigenvalue weighted by atomic mass is 79.9. The predicted molar refractivity (Wildman–Crippen MR) is 74.4 cm³/mol. The van der Waals surface area contributed by atoms with Crippen molar-refractivity contribution in [3.63, 3.8) is 0 Å². The molecule has 2 N–H and O–H groups in total. The molecule has 1 aliphatic rings. The molecule has 0 saturated heterocycles. The highest BCUT2D eigenvalue weighted by Crippen LogP contribution is 2.32. The van der Waals surface area contributed by atoms with Crippen molar-refractivity contribution in [2.45, 2.75) is 25.8 Å². The molecule has 2 rings (SSSR count). The first-order valence-corrected chi connectivity index (χ1v) is 7.23. The second kappa shape index (κ2) is 6.35. The minimum absolute atomic E-state index is 0.181. The molecule has 6 heteroatoms. The molecule has 2 atom stereocenters. The average molecular weight is 344 g/mol. The van der Waals surface area contributed by atoms with Crippen molar-refractivity contribution in [2.24, 2.45) is 11.8 Å². The average Bonchev–Trinajstić information content (AvgIpc) is 2.89. The Labute approximate surface area is 124 Å². The van der Waals surface area contributed by atoms with Gasteiger partial charge in [0.25, 0.3) is 0 Å². The lowest BCUT2D eigenvalue weighted by Gasteiger charge is -2.16. The minimum atomic E-state index is -0.922. The number of hydrogen-bond acceptors (Lipinski definition) is 2. The summed E-state index contributed by atoms with van der Waals surface area (Å²) in [6, 6.07) is 4.24. The van der Waals surface area contributed by atoms with Crippen LogP contribution in [0.25, 0.3) is 0 Å². The number of aliphatic carboxylic acids is 1. The Morgan fingerprint density at radius 2 is 2.05 bits per heavy atom. The van der Waals surface area contributed by atoms with E-state index in [0.717, 1.165) is 6.42 Å². The van der Waals surface area contributed by atoms with E-state index in [1.807, 2.05) is 0 Å². The third-order valence-electron chi connectivity index (χ3n) is 3.63. The molecule has 108 valence electrons. The van der Waals surface area contributed by atoms with Crippen LogP contribution in [0, 0.1) is 17.7 Å². The van der Waals surface area contributed by atoms with Crippen molar-refractivity contribution in [3.05, 3.63) is 34.1 Å². The van der Waals surface area contributed by atoms with Crippen LogP contribution in [0.4, 0.5) is 4.39 Å². The molecule has 0 aromatic heterocycles. The van der Waals surface area contributed by atoms with E-state index in [1.165, 1.54) is 12.1 Å². The third-order valence-corrected chi connectivity index (χ3v) is 4.40.